The fourth-order valence-corrected chi connectivity index (χ4v) is 2.87. The number of hydrogen-bond acceptors (Lipinski definition) is 1. The Labute approximate surface area is 116 Å². The van der Waals surface area contributed by atoms with E-state index in [0.29, 0.717) is 17.8 Å². The largest absolute Gasteiger partial charge is 0.478 e. The normalized spacial score (nSPS) is 26.9. The van der Waals surface area contributed by atoms with Gasteiger partial charge < -0.3 is 5.11 Å². The van der Waals surface area contributed by atoms with E-state index in [1.54, 1.807) is 0 Å². The molecule has 0 amide bonds. The smallest absolute Gasteiger partial charge is 0.327 e. The summed E-state index contributed by atoms with van der Waals surface area (Å²) in [5, 5.41) is 8.66. The SMILES string of the molecule is C=C(C)/C=C\C(C)C1CCC([C@H](C)/C=C/C(=O)O)C1. The molecule has 2 heteroatoms. The van der Waals surface area contributed by atoms with Gasteiger partial charge in [0.05, 0.1) is 0 Å². The molecule has 0 aromatic rings. The van der Waals surface area contributed by atoms with Crippen molar-refractivity contribution in [3.05, 3.63) is 36.5 Å². The molecule has 1 rings (SSSR count). The molecule has 0 radical (unpaired) electrons. The fraction of sp³-hybridized carbons (Fsp3) is 0.588. The van der Waals surface area contributed by atoms with Crippen LogP contribution >= 0.6 is 0 Å². The first kappa shape index (κ1) is 15.7. The first-order valence-electron chi connectivity index (χ1n) is 7.15. The summed E-state index contributed by atoms with van der Waals surface area (Å²) in [7, 11) is 0. The van der Waals surface area contributed by atoms with Crippen molar-refractivity contribution >= 4 is 5.97 Å². The predicted octanol–water partition coefficient (Wildman–Crippen LogP) is 4.45. The highest BCUT2D eigenvalue weighted by Crippen LogP contribution is 2.40. The standard InChI is InChI=1S/C17H26O2/c1-12(2)5-6-13(3)15-8-9-16(11-15)14(4)7-10-17(18)19/h5-7,10,13-16H,1,8-9,11H2,2-4H3,(H,18,19)/b6-5-,10-7+/t13?,14-,15?,16?/m1/s1. The molecule has 19 heavy (non-hydrogen) atoms. The Kier molecular flexibility index (Phi) is 6.07. The molecule has 0 spiro atoms. The average molecular weight is 262 g/mol. The monoisotopic (exact) mass is 262 g/mol. The number of carbonyl (C=O) groups is 1. The molecule has 0 aromatic carbocycles. The highest BCUT2D eigenvalue weighted by Gasteiger charge is 2.29. The summed E-state index contributed by atoms with van der Waals surface area (Å²) in [5.74, 6) is 1.44. The van der Waals surface area contributed by atoms with Crippen molar-refractivity contribution in [2.45, 2.75) is 40.0 Å². The minimum absolute atomic E-state index is 0.360. The van der Waals surface area contributed by atoms with Crippen molar-refractivity contribution in [2.75, 3.05) is 0 Å². The number of allylic oxidation sites excluding steroid dienone is 4. The third kappa shape index (κ3) is 5.46. The van der Waals surface area contributed by atoms with Crippen LogP contribution in [-0.4, -0.2) is 11.1 Å². The zero-order valence-electron chi connectivity index (χ0n) is 12.3. The van der Waals surface area contributed by atoms with Crippen LogP contribution in [0.25, 0.3) is 0 Å². The van der Waals surface area contributed by atoms with Crippen molar-refractivity contribution in [1.29, 1.82) is 0 Å². The van der Waals surface area contributed by atoms with Gasteiger partial charge >= 0.3 is 5.97 Å². The molecule has 0 heterocycles. The van der Waals surface area contributed by atoms with Crippen LogP contribution in [0.2, 0.25) is 0 Å². The lowest BCUT2D eigenvalue weighted by Crippen LogP contribution is -2.09. The Hall–Kier alpha value is -1.31. The summed E-state index contributed by atoms with van der Waals surface area (Å²) < 4.78 is 0. The molecule has 4 atom stereocenters. The van der Waals surface area contributed by atoms with Gasteiger partial charge in [0.1, 0.15) is 0 Å². The van der Waals surface area contributed by atoms with E-state index in [9.17, 15) is 4.79 Å². The van der Waals surface area contributed by atoms with Crippen LogP contribution in [0, 0.1) is 23.7 Å². The van der Waals surface area contributed by atoms with E-state index < -0.39 is 5.97 Å². The van der Waals surface area contributed by atoms with Crippen LogP contribution in [0.3, 0.4) is 0 Å². The maximum absolute atomic E-state index is 10.5. The maximum Gasteiger partial charge on any atom is 0.327 e. The van der Waals surface area contributed by atoms with E-state index in [1.165, 1.54) is 25.3 Å². The number of carboxylic acids is 1. The molecule has 106 valence electrons. The topological polar surface area (TPSA) is 37.3 Å². The summed E-state index contributed by atoms with van der Waals surface area (Å²) in [6.07, 6.45) is 11.1. The molecular formula is C17H26O2. The van der Waals surface area contributed by atoms with E-state index in [0.717, 1.165) is 11.5 Å². The second-order valence-electron chi connectivity index (χ2n) is 5.95. The Morgan fingerprint density at radius 2 is 1.63 bits per heavy atom. The molecule has 2 nitrogen and oxygen atoms in total. The van der Waals surface area contributed by atoms with Gasteiger partial charge in [0, 0.05) is 6.08 Å². The number of aliphatic carboxylic acids is 1. The van der Waals surface area contributed by atoms with E-state index in [4.69, 9.17) is 5.11 Å². The van der Waals surface area contributed by atoms with Gasteiger partial charge in [-0.1, -0.05) is 44.2 Å². The molecule has 1 saturated carbocycles. The van der Waals surface area contributed by atoms with Gasteiger partial charge in [-0.25, -0.2) is 4.79 Å². The number of rotatable bonds is 6. The zero-order chi connectivity index (χ0) is 14.4. The van der Waals surface area contributed by atoms with Gasteiger partial charge in [-0.3, -0.25) is 0 Å². The molecule has 0 aliphatic heterocycles. The summed E-state index contributed by atoms with van der Waals surface area (Å²) in [6.45, 7) is 10.3. The highest BCUT2D eigenvalue weighted by atomic mass is 16.4. The Bertz CT molecular complexity index is 343. The van der Waals surface area contributed by atoms with Crippen molar-refractivity contribution in [3.8, 4) is 0 Å². The highest BCUT2D eigenvalue weighted by molar-refractivity contribution is 5.79. The van der Waals surface area contributed by atoms with Gasteiger partial charge in [0.15, 0.2) is 0 Å². The van der Waals surface area contributed by atoms with E-state index in [-0.39, 0.29) is 0 Å². The van der Waals surface area contributed by atoms with Crippen LogP contribution in [-0.2, 0) is 4.79 Å². The molecule has 0 bridgehead atoms. The zero-order valence-corrected chi connectivity index (χ0v) is 12.3. The lowest BCUT2D eigenvalue weighted by molar-refractivity contribution is -0.131. The van der Waals surface area contributed by atoms with E-state index in [2.05, 4.69) is 32.6 Å². The molecule has 3 unspecified atom stereocenters. The quantitative estimate of drug-likeness (QED) is 0.567. The van der Waals surface area contributed by atoms with Crippen LogP contribution < -0.4 is 0 Å². The predicted molar refractivity (Wildman–Crippen MR) is 79.9 cm³/mol. The molecule has 0 aromatic heterocycles. The number of carboxylic acid groups (broad SMARTS) is 1. The van der Waals surface area contributed by atoms with Gasteiger partial charge in [0.25, 0.3) is 0 Å². The summed E-state index contributed by atoms with van der Waals surface area (Å²) in [6, 6.07) is 0. The van der Waals surface area contributed by atoms with Crippen LogP contribution in [0.1, 0.15) is 40.0 Å². The van der Waals surface area contributed by atoms with Crippen LogP contribution in [0.15, 0.2) is 36.5 Å². The van der Waals surface area contributed by atoms with Crippen molar-refractivity contribution in [3.63, 3.8) is 0 Å². The summed E-state index contributed by atoms with van der Waals surface area (Å²) in [5.41, 5.74) is 1.10. The Morgan fingerprint density at radius 1 is 1.16 bits per heavy atom. The summed E-state index contributed by atoms with van der Waals surface area (Å²) in [4.78, 5) is 10.5. The third-order valence-electron chi connectivity index (χ3n) is 4.23. The maximum atomic E-state index is 10.5. The first-order chi connectivity index (χ1) is 8.90. The molecule has 1 aliphatic carbocycles. The minimum Gasteiger partial charge on any atom is -0.478 e. The molecule has 0 saturated heterocycles. The number of hydrogen-bond donors (Lipinski definition) is 1. The van der Waals surface area contributed by atoms with Crippen molar-refractivity contribution in [2.24, 2.45) is 23.7 Å². The second-order valence-corrected chi connectivity index (χ2v) is 5.95. The van der Waals surface area contributed by atoms with Gasteiger partial charge in [-0.2, -0.15) is 0 Å². The molecule has 1 fully saturated rings. The van der Waals surface area contributed by atoms with E-state index in [1.807, 2.05) is 13.0 Å². The van der Waals surface area contributed by atoms with Gasteiger partial charge in [-0.05, 0) is 49.9 Å². The van der Waals surface area contributed by atoms with Crippen molar-refractivity contribution in [1.82, 2.24) is 0 Å². The first-order valence-corrected chi connectivity index (χ1v) is 7.15. The second kappa shape index (κ2) is 7.32. The average Bonchev–Trinajstić information content (AvgIpc) is 2.82. The fourth-order valence-electron chi connectivity index (χ4n) is 2.87. The summed E-state index contributed by atoms with van der Waals surface area (Å²) >= 11 is 0. The Morgan fingerprint density at radius 3 is 2.05 bits per heavy atom. The molecular weight excluding hydrogens is 236 g/mol. The lowest BCUT2D eigenvalue weighted by atomic mass is 9.87. The lowest BCUT2D eigenvalue weighted by Gasteiger charge is -2.18. The molecule has 1 aliphatic rings. The molecule has 1 N–H and O–H groups in total. The van der Waals surface area contributed by atoms with Gasteiger partial charge in [0.2, 0.25) is 0 Å². The Balaban J connectivity index is 2.49. The van der Waals surface area contributed by atoms with Crippen LogP contribution in [0.5, 0.6) is 0 Å². The van der Waals surface area contributed by atoms with E-state index >= 15 is 0 Å². The van der Waals surface area contributed by atoms with Crippen molar-refractivity contribution < 1.29 is 9.90 Å². The van der Waals surface area contributed by atoms with Crippen LogP contribution in [0.4, 0.5) is 0 Å². The minimum atomic E-state index is -0.848. The van der Waals surface area contributed by atoms with Gasteiger partial charge in [-0.15, -0.1) is 0 Å². The third-order valence-corrected chi connectivity index (χ3v) is 4.23.